The number of amides is 4. The largest absolute Gasteiger partial charge is 0.465 e. The van der Waals surface area contributed by atoms with Gasteiger partial charge in [0.05, 0.1) is 0 Å². The number of carbonyl (C=O) groups is 4. The SMILES string of the molecule is CC1(C)[C@@H]2[C@@H](C(=O)N[C@@H](C[C@H]3CCNC3=O)C(N)=O)N(C(=O)O)C[C@@H]21. The minimum absolute atomic E-state index is 0.0631. The molecule has 0 unspecified atom stereocenters. The molecule has 3 aliphatic rings. The zero-order valence-corrected chi connectivity index (χ0v) is 14.3. The maximum Gasteiger partial charge on any atom is 0.407 e. The van der Waals surface area contributed by atoms with Crippen LogP contribution in [0.2, 0.25) is 0 Å². The van der Waals surface area contributed by atoms with E-state index in [1.807, 2.05) is 13.8 Å². The molecule has 5 N–H and O–H groups in total. The quantitative estimate of drug-likeness (QED) is 0.508. The second kappa shape index (κ2) is 5.89. The van der Waals surface area contributed by atoms with Gasteiger partial charge in [-0.3, -0.25) is 19.3 Å². The molecule has 5 atom stereocenters. The molecule has 0 radical (unpaired) electrons. The van der Waals surface area contributed by atoms with E-state index in [1.165, 1.54) is 0 Å². The summed E-state index contributed by atoms with van der Waals surface area (Å²) < 4.78 is 0. The lowest BCUT2D eigenvalue weighted by Gasteiger charge is -2.29. The van der Waals surface area contributed by atoms with Crippen LogP contribution in [-0.4, -0.2) is 59.0 Å². The van der Waals surface area contributed by atoms with Gasteiger partial charge in [-0.25, -0.2) is 4.79 Å². The van der Waals surface area contributed by atoms with Gasteiger partial charge < -0.3 is 21.5 Å². The molecule has 3 fully saturated rings. The third-order valence-electron chi connectivity index (χ3n) is 6.07. The lowest BCUT2D eigenvalue weighted by molar-refractivity contribution is -0.131. The summed E-state index contributed by atoms with van der Waals surface area (Å²) in [6, 6.07) is -1.81. The Bertz CT molecular complexity index is 634. The predicted octanol–water partition coefficient (Wildman–Crippen LogP) is -0.883. The number of carbonyl (C=O) groups excluding carboxylic acids is 3. The molecule has 0 aromatic rings. The number of piperidine rings is 1. The molecule has 4 amide bonds. The van der Waals surface area contributed by atoms with Gasteiger partial charge in [-0.1, -0.05) is 13.8 Å². The van der Waals surface area contributed by atoms with E-state index in [9.17, 15) is 24.3 Å². The highest BCUT2D eigenvalue weighted by Crippen LogP contribution is 2.64. The summed E-state index contributed by atoms with van der Waals surface area (Å²) >= 11 is 0. The van der Waals surface area contributed by atoms with Crippen molar-refractivity contribution in [2.45, 2.75) is 38.8 Å². The van der Waals surface area contributed by atoms with Crippen LogP contribution in [0.15, 0.2) is 0 Å². The fourth-order valence-electron chi connectivity index (χ4n) is 4.44. The van der Waals surface area contributed by atoms with Crippen molar-refractivity contribution in [1.29, 1.82) is 0 Å². The van der Waals surface area contributed by atoms with E-state index >= 15 is 0 Å². The van der Waals surface area contributed by atoms with Crippen LogP contribution >= 0.6 is 0 Å². The number of hydrogen-bond donors (Lipinski definition) is 4. The van der Waals surface area contributed by atoms with E-state index in [2.05, 4.69) is 10.6 Å². The van der Waals surface area contributed by atoms with Gasteiger partial charge in [-0.05, 0) is 30.1 Å². The first-order valence-electron chi connectivity index (χ1n) is 8.51. The maximum absolute atomic E-state index is 12.7. The van der Waals surface area contributed by atoms with Gasteiger partial charge in [0, 0.05) is 19.0 Å². The highest BCUT2D eigenvalue weighted by atomic mass is 16.4. The number of hydrogen-bond acceptors (Lipinski definition) is 4. The molecule has 138 valence electrons. The highest BCUT2D eigenvalue weighted by Gasteiger charge is 2.69. The Labute approximate surface area is 145 Å². The van der Waals surface area contributed by atoms with Crippen LogP contribution in [-0.2, 0) is 14.4 Å². The molecule has 3 rings (SSSR count). The second-order valence-electron chi connectivity index (χ2n) is 7.81. The van der Waals surface area contributed by atoms with Crippen LogP contribution in [0.5, 0.6) is 0 Å². The molecule has 25 heavy (non-hydrogen) atoms. The van der Waals surface area contributed by atoms with Crippen molar-refractivity contribution in [3.05, 3.63) is 0 Å². The van der Waals surface area contributed by atoms with Gasteiger partial charge in [0.25, 0.3) is 0 Å². The van der Waals surface area contributed by atoms with Gasteiger partial charge in [-0.15, -0.1) is 0 Å². The lowest BCUT2D eigenvalue weighted by Crippen LogP contribution is -2.54. The first kappa shape index (κ1) is 17.5. The molecule has 0 aromatic carbocycles. The molecule has 9 nitrogen and oxygen atoms in total. The zero-order valence-electron chi connectivity index (χ0n) is 14.3. The molecule has 2 saturated heterocycles. The molecule has 1 saturated carbocycles. The predicted molar refractivity (Wildman–Crippen MR) is 86.1 cm³/mol. The summed E-state index contributed by atoms with van der Waals surface area (Å²) in [7, 11) is 0. The van der Waals surface area contributed by atoms with Crippen LogP contribution in [0.25, 0.3) is 0 Å². The molecular formula is C16H24N4O5. The van der Waals surface area contributed by atoms with Crippen molar-refractivity contribution in [2.24, 2.45) is 28.9 Å². The van der Waals surface area contributed by atoms with Crippen molar-refractivity contribution in [3.63, 3.8) is 0 Å². The van der Waals surface area contributed by atoms with Crippen LogP contribution in [0.4, 0.5) is 4.79 Å². The standard InChI is InChI=1S/C16H24N4O5/c1-16(2)8-6-20(15(24)25)11(10(8)16)14(23)19-9(12(17)21)5-7-3-4-18-13(7)22/h7-11H,3-6H2,1-2H3,(H2,17,21)(H,18,22)(H,19,23)(H,24,25)/t7-,8+,9+,10+,11+/m1/s1. The third-order valence-corrected chi connectivity index (χ3v) is 6.07. The molecular weight excluding hydrogens is 328 g/mol. The number of nitrogens with one attached hydrogen (secondary N) is 2. The fraction of sp³-hybridized carbons (Fsp3) is 0.750. The van der Waals surface area contributed by atoms with E-state index in [-0.39, 0.29) is 35.5 Å². The summed E-state index contributed by atoms with van der Waals surface area (Å²) in [5.74, 6) is -1.68. The summed E-state index contributed by atoms with van der Waals surface area (Å²) in [6.07, 6.45) is -0.431. The van der Waals surface area contributed by atoms with Gasteiger partial charge >= 0.3 is 6.09 Å². The summed E-state index contributed by atoms with van der Waals surface area (Å²) in [6.45, 7) is 4.88. The van der Waals surface area contributed by atoms with E-state index < -0.39 is 30.0 Å². The molecule has 0 aromatic heterocycles. The average molecular weight is 352 g/mol. The van der Waals surface area contributed by atoms with Crippen LogP contribution < -0.4 is 16.4 Å². The average Bonchev–Trinajstić information content (AvgIpc) is 2.91. The normalized spacial score (nSPS) is 33.4. The Balaban J connectivity index is 1.70. The molecule has 2 heterocycles. The summed E-state index contributed by atoms with van der Waals surface area (Å²) in [4.78, 5) is 48.7. The minimum Gasteiger partial charge on any atom is -0.465 e. The lowest BCUT2D eigenvalue weighted by atomic mass is 9.96. The molecule has 0 spiro atoms. The highest BCUT2D eigenvalue weighted by molar-refractivity contribution is 5.92. The second-order valence-corrected chi connectivity index (χ2v) is 7.81. The topological polar surface area (TPSA) is 142 Å². The van der Waals surface area contributed by atoms with Crippen molar-refractivity contribution in [3.8, 4) is 0 Å². The first-order chi connectivity index (χ1) is 11.6. The van der Waals surface area contributed by atoms with E-state index in [1.54, 1.807) is 0 Å². The van der Waals surface area contributed by atoms with Gasteiger partial charge in [0.1, 0.15) is 12.1 Å². The number of nitrogens with zero attached hydrogens (tertiary/aromatic N) is 1. The number of rotatable bonds is 5. The van der Waals surface area contributed by atoms with E-state index in [0.29, 0.717) is 19.5 Å². The molecule has 9 heteroatoms. The van der Waals surface area contributed by atoms with Gasteiger partial charge in [-0.2, -0.15) is 0 Å². The number of likely N-dealkylation sites (tertiary alicyclic amines) is 1. The van der Waals surface area contributed by atoms with Crippen molar-refractivity contribution < 1.29 is 24.3 Å². The summed E-state index contributed by atoms with van der Waals surface area (Å²) in [5, 5.41) is 14.6. The van der Waals surface area contributed by atoms with Gasteiger partial charge in [0.15, 0.2) is 0 Å². The van der Waals surface area contributed by atoms with E-state index in [4.69, 9.17) is 5.73 Å². The van der Waals surface area contributed by atoms with Crippen molar-refractivity contribution >= 4 is 23.8 Å². The van der Waals surface area contributed by atoms with Crippen LogP contribution in [0.1, 0.15) is 26.7 Å². The van der Waals surface area contributed by atoms with Gasteiger partial charge in [0.2, 0.25) is 17.7 Å². The number of nitrogens with two attached hydrogens (primary N) is 1. The van der Waals surface area contributed by atoms with E-state index in [0.717, 1.165) is 4.90 Å². The number of primary amides is 1. The van der Waals surface area contributed by atoms with Crippen molar-refractivity contribution in [1.82, 2.24) is 15.5 Å². The summed E-state index contributed by atoms with van der Waals surface area (Å²) in [5.41, 5.74) is 5.29. The monoisotopic (exact) mass is 352 g/mol. The Kier molecular flexibility index (Phi) is 4.12. The van der Waals surface area contributed by atoms with Crippen molar-refractivity contribution in [2.75, 3.05) is 13.1 Å². The van der Waals surface area contributed by atoms with Crippen LogP contribution in [0, 0.1) is 23.2 Å². The Morgan fingerprint density at radius 1 is 1.44 bits per heavy atom. The van der Waals surface area contributed by atoms with Crippen LogP contribution in [0.3, 0.4) is 0 Å². The zero-order chi connectivity index (χ0) is 18.5. The number of carboxylic acid groups (broad SMARTS) is 1. The Morgan fingerprint density at radius 2 is 2.12 bits per heavy atom. The molecule has 1 aliphatic carbocycles. The minimum atomic E-state index is -1.14. The molecule has 2 aliphatic heterocycles. The smallest absolute Gasteiger partial charge is 0.407 e. The third kappa shape index (κ3) is 2.91. The fourth-order valence-corrected chi connectivity index (χ4v) is 4.44. The Hall–Kier alpha value is -2.32. The number of fused-ring (bicyclic) bond motifs is 1. The maximum atomic E-state index is 12.7. The Morgan fingerprint density at radius 3 is 2.64 bits per heavy atom. The first-order valence-corrected chi connectivity index (χ1v) is 8.51. The molecule has 0 bridgehead atoms.